The first kappa shape index (κ1) is 14.7. The molecule has 1 unspecified atom stereocenters. The summed E-state index contributed by atoms with van der Waals surface area (Å²) in [5, 5.41) is 4.17. The lowest BCUT2D eigenvalue weighted by Crippen LogP contribution is -2.29. The minimum atomic E-state index is -0.421. The largest absolute Gasteiger partial charge is 0.370 e. The third-order valence-corrected chi connectivity index (χ3v) is 5.00. The van der Waals surface area contributed by atoms with Crippen LogP contribution in [0.1, 0.15) is 81.8 Å². The van der Waals surface area contributed by atoms with Crippen LogP contribution < -0.4 is 0 Å². The van der Waals surface area contributed by atoms with Crippen molar-refractivity contribution in [3.05, 3.63) is 11.7 Å². The third-order valence-electron chi connectivity index (χ3n) is 5.00. The standard InChI is InChI=1S/C16H24N2O3/c1-20-16(10-6-2-3-7-11-16)15-17-14(21-18-15)12-8-4-5-9-13(12)19/h12H,2-11H2,1H3. The van der Waals surface area contributed by atoms with Gasteiger partial charge in [0.2, 0.25) is 11.7 Å². The van der Waals surface area contributed by atoms with Gasteiger partial charge in [0.15, 0.2) is 0 Å². The maximum Gasteiger partial charge on any atom is 0.237 e. The first-order valence-electron chi connectivity index (χ1n) is 8.17. The van der Waals surface area contributed by atoms with Crippen LogP contribution in [0, 0.1) is 0 Å². The van der Waals surface area contributed by atoms with E-state index in [1.165, 1.54) is 12.8 Å². The smallest absolute Gasteiger partial charge is 0.237 e. The van der Waals surface area contributed by atoms with Crippen LogP contribution in [0.15, 0.2) is 4.52 Å². The lowest BCUT2D eigenvalue weighted by Gasteiger charge is -2.27. The van der Waals surface area contributed by atoms with Crippen molar-refractivity contribution < 1.29 is 14.1 Å². The Labute approximate surface area is 125 Å². The molecule has 0 amide bonds. The molecule has 1 aromatic heterocycles. The van der Waals surface area contributed by atoms with Gasteiger partial charge in [-0.2, -0.15) is 4.98 Å². The van der Waals surface area contributed by atoms with Gasteiger partial charge < -0.3 is 9.26 Å². The number of carbonyl (C=O) groups is 1. The van der Waals surface area contributed by atoms with E-state index in [4.69, 9.17) is 9.26 Å². The van der Waals surface area contributed by atoms with Crippen molar-refractivity contribution >= 4 is 5.78 Å². The van der Waals surface area contributed by atoms with Crippen LogP contribution in [0.25, 0.3) is 0 Å². The maximum atomic E-state index is 12.0. The number of ether oxygens (including phenoxy) is 1. The molecule has 5 nitrogen and oxygen atoms in total. The molecular weight excluding hydrogens is 268 g/mol. The highest BCUT2D eigenvalue weighted by Gasteiger charge is 2.39. The van der Waals surface area contributed by atoms with Crippen molar-refractivity contribution in [2.45, 2.75) is 75.7 Å². The summed E-state index contributed by atoms with van der Waals surface area (Å²) in [5.74, 6) is 1.18. The molecule has 0 saturated heterocycles. The highest BCUT2D eigenvalue weighted by molar-refractivity contribution is 5.85. The van der Waals surface area contributed by atoms with Gasteiger partial charge in [0.1, 0.15) is 11.4 Å². The molecule has 5 heteroatoms. The summed E-state index contributed by atoms with van der Waals surface area (Å²) in [7, 11) is 1.73. The molecule has 3 rings (SSSR count). The van der Waals surface area contributed by atoms with Crippen molar-refractivity contribution in [1.29, 1.82) is 0 Å². The number of methoxy groups -OCH3 is 1. The number of hydrogen-bond donors (Lipinski definition) is 0. The summed E-state index contributed by atoms with van der Waals surface area (Å²) in [6.45, 7) is 0. The second-order valence-electron chi connectivity index (χ2n) is 6.33. The molecule has 1 heterocycles. The molecule has 116 valence electrons. The number of carbonyl (C=O) groups excluding carboxylic acids is 1. The summed E-state index contributed by atoms with van der Waals surface area (Å²) < 4.78 is 11.2. The van der Waals surface area contributed by atoms with E-state index >= 15 is 0 Å². The monoisotopic (exact) mass is 292 g/mol. The van der Waals surface area contributed by atoms with Gasteiger partial charge >= 0.3 is 0 Å². The summed E-state index contributed by atoms with van der Waals surface area (Å²) in [6.07, 6.45) is 10.1. The highest BCUT2D eigenvalue weighted by Crippen LogP contribution is 2.38. The van der Waals surface area contributed by atoms with E-state index in [0.717, 1.165) is 44.9 Å². The second-order valence-corrected chi connectivity index (χ2v) is 6.33. The molecule has 0 aliphatic heterocycles. The molecule has 1 atom stereocenters. The van der Waals surface area contributed by atoms with Gasteiger partial charge in [0, 0.05) is 13.5 Å². The van der Waals surface area contributed by atoms with Crippen molar-refractivity contribution in [2.75, 3.05) is 7.11 Å². The minimum Gasteiger partial charge on any atom is -0.370 e. The first-order valence-corrected chi connectivity index (χ1v) is 8.17. The van der Waals surface area contributed by atoms with Crippen LogP contribution in [0.3, 0.4) is 0 Å². The summed E-state index contributed by atoms with van der Waals surface area (Å²) in [4.78, 5) is 16.6. The molecule has 1 aromatic rings. The Balaban J connectivity index is 1.83. The fraction of sp³-hybridized carbons (Fsp3) is 0.812. The van der Waals surface area contributed by atoms with Crippen LogP contribution in [-0.4, -0.2) is 23.0 Å². The zero-order valence-corrected chi connectivity index (χ0v) is 12.8. The molecule has 2 aliphatic carbocycles. The number of nitrogens with zero attached hydrogens (tertiary/aromatic N) is 2. The van der Waals surface area contributed by atoms with Crippen molar-refractivity contribution in [2.24, 2.45) is 0 Å². The van der Waals surface area contributed by atoms with Crippen molar-refractivity contribution in [3.8, 4) is 0 Å². The highest BCUT2D eigenvalue weighted by atomic mass is 16.5. The zero-order valence-electron chi connectivity index (χ0n) is 12.8. The van der Waals surface area contributed by atoms with Gasteiger partial charge in [-0.1, -0.05) is 37.3 Å². The minimum absolute atomic E-state index is 0.195. The average Bonchev–Trinajstić information content (AvgIpc) is 2.87. The average molecular weight is 292 g/mol. The van der Waals surface area contributed by atoms with Crippen LogP contribution >= 0.6 is 0 Å². The first-order chi connectivity index (χ1) is 10.2. The van der Waals surface area contributed by atoms with Gasteiger partial charge in [-0.05, 0) is 25.7 Å². The topological polar surface area (TPSA) is 65.2 Å². The molecule has 0 N–H and O–H groups in total. The van der Waals surface area contributed by atoms with E-state index in [1.54, 1.807) is 7.11 Å². The van der Waals surface area contributed by atoms with E-state index in [9.17, 15) is 4.79 Å². The predicted octanol–water partition coefficient (Wildman–Crippen LogP) is 3.49. The molecule has 2 fully saturated rings. The van der Waals surface area contributed by atoms with Crippen LogP contribution in [-0.2, 0) is 15.1 Å². The van der Waals surface area contributed by atoms with Gasteiger partial charge in [0.05, 0.1) is 5.92 Å². The zero-order chi connectivity index (χ0) is 14.7. The van der Waals surface area contributed by atoms with Crippen LogP contribution in [0.2, 0.25) is 0 Å². The lowest BCUT2D eigenvalue weighted by atomic mass is 9.88. The summed E-state index contributed by atoms with van der Waals surface area (Å²) >= 11 is 0. The molecule has 0 spiro atoms. The third kappa shape index (κ3) is 2.89. The molecule has 0 radical (unpaired) electrons. The van der Waals surface area contributed by atoms with Gasteiger partial charge in [0.25, 0.3) is 0 Å². The van der Waals surface area contributed by atoms with E-state index in [2.05, 4.69) is 10.1 Å². The van der Waals surface area contributed by atoms with Crippen LogP contribution in [0.4, 0.5) is 0 Å². The number of Topliss-reactive ketones (excluding diaryl/α,β-unsaturated/α-hetero) is 1. The fourth-order valence-electron chi connectivity index (χ4n) is 3.62. The predicted molar refractivity (Wildman–Crippen MR) is 76.9 cm³/mol. The van der Waals surface area contributed by atoms with E-state index < -0.39 is 5.60 Å². The SMILES string of the molecule is COC1(c2noc(C3CCCCC3=O)n2)CCCCCC1. The second kappa shape index (κ2) is 6.26. The number of hydrogen-bond acceptors (Lipinski definition) is 5. The fourth-order valence-corrected chi connectivity index (χ4v) is 3.62. The van der Waals surface area contributed by atoms with Gasteiger partial charge in [-0.15, -0.1) is 0 Å². The Morgan fingerprint density at radius 3 is 2.57 bits per heavy atom. The number of rotatable bonds is 3. The molecule has 21 heavy (non-hydrogen) atoms. The quantitative estimate of drug-likeness (QED) is 0.798. The summed E-state index contributed by atoms with van der Waals surface area (Å²) in [5.41, 5.74) is -0.421. The molecule has 2 aliphatic rings. The molecule has 0 aromatic carbocycles. The van der Waals surface area contributed by atoms with E-state index in [-0.39, 0.29) is 11.7 Å². The molecular formula is C16H24N2O3. The van der Waals surface area contributed by atoms with E-state index in [0.29, 0.717) is 18.1 Å². The Morgan fingerprint density at radius 2 is 1.90 bits per heavy atom. The number of aromatic nitrogens is 2. The molecule has 2 saturated carbocycles. The Morgan fingerprint density at radius 1 is 1.14 bits per heavy atom. The normalized spacial score (nSPS) is 26.5. The van der Waals surface area contributed by atoms with Crippen molar-refractivity contribution in [1.82, 2.24) is 10.1 Å². The Hall–Kier alpha value is -1.23. The Kier molecular flexibility index (Phi) is 4.38. The van der Waals surface area contributed by atoms with Crippen LogP contribution in [0.5, 0.6) is 0 Å². The van der Waals surface area contributed by atoms with E-state index in [1.807, 2.05) is 0 Å². The van der Waals surface area contributed by atoms with Crippen molar-refractivity contribution in [3.63, 3.8) is 0 Å². The molecule has 0 bridgehead atoms. The Bertz CT molecular complexity index is 489. The van der Waals surface area contributed by atoms with Gasteiger partial charge in [-0.25, -0.2) is 0 Å². The maximum absolute atomic E-state index is 12.0. The van der Waals surface area contributed by atoms with Gasteiger partial charge in [-0.3, -0.25) is 4.79 Å². The lowest BCUT2D eigenvalue weighted by molar-refractivity contribution is -0.122. The number of ketones is 1. The summed E-state index contributed by atoms with van der Waals surface area (Å²) in [6, 6.07) is 0.